The lowest BCUT2D eigenvalue weighted by Crippen LogP contribution is -2.62. The van der Waals surface area contributed by atoms with E-state index in [-0.39, 0.29) is 5.54 Å². The Morgan fingerprint density at radius 1 is 0.821 bits per heavy atom. The third kappa shape index (κ3) is 2.37. The van der Waals surface area contributed by atoms with Crippen LogP contribution in [0.25, 0.3) is 0 Å². The molecular formula is C27H41N. The van der Waals surface area contributed by atoms with Gasteiger partial charge in [0.2, 0.25) is 0 Å². The van der Waals surface area contributed by atoms with Crippen LogP contribution in [0.1, 0.15) is 103 Å². The predicted molar refractivity (Wildman–Crippen MR) is 120 cm³/mol. The smallest absolute Gasteiger partial charge is 0.0441 e. The van der Waals surface area contributed by atoms with Crippen molar-refractivity contribution in [3.63, 3.8) is 0 Å². The average Bonchev–Trinajstić information content (AvgIpc) is 2.89. The maximum absolute atomic E-state index is 2.90. The van der Waals surface area contributed by atoms with Gasteiger partial charge in [0.25, 0.3) is 0 Å². The summed E-state index contributed by atoms with van der Waals surface area (Å²) < 4.78 is 0. The van der Waals surface area contributed by atoms with E-state index in [9.17, 15) is 0 Å². The van der Waals surface area contributed by atoms with Crippen molar-refractivity contribution in [1.82, 2.24) is 0 Å². The molecule has 1 aromatic rings. The maximum atomic E-state index is 2.90. The predicted octanol–water partition coefficient (Wildman–Crippen LogP) is 7.36. The summed E-state index contributed by atoms with van der Waals surface area (Å²) in [5, 5.41) is 0. The van der Waals surface area contributed by atoms with Gasteiger partial charge in [-0.3, -0.25) is 0 Å². The van der Waals surface area contributed by atoms with Crippen LogP contribution in [0.4, 0.5) is 5.69 Å². The van der Waals surface area contributed by atoms with E-state index in [0.29, 0.717) is 17.3 Å². The second-order valence-electron chi connectivity index (χ2n) is 11.9. The molecule has 28 heavy (non-hydrogen) atoms. The van der Waals surface area contributed by atoms with Crippen LogP contribution in [0.5, 0.6) is 0 Å². The zero-order chi connectivity index (χ0) is 19.8. The summed E-state index contributed by atoms with van der Waals surface area (Å²) in [6.45, 7) is 16.0. The first kappa shape index (κ1) is 19.0. The van der Waals surface area contributed by atoms with Gasteiger partial charge in [0.15, 0.2) is 0 Å². The van der Waals surface area contributed by atoms with Gasteiger partial charge in [0.05, 0.1) is 0 Å². The number of anilines is 1. The van der Waals surface area contributed by atoms with Gasteiger partial charge in [0, 0.05) is 23.2 Å². The summed E-state index contributed by atoms with van der Waals surface area (Å²) in [5.74, 6) is 5.26. The number of benzene rings is 1. The molecule has 0 atom stereocenters. The second kappa shape index (κ2) is 6.26. The molecule has 4 aliphatic carbocycles. The van der Waals surface area contributed by atoms with E-state index in [1.54, 1.807) is 23.2 Å². The van der Waals surface area contributed by atoms with Gasteiger partial charge in [-0.2, -0.15) is 0 Å². The van der Waals surface area contributed by atoms with Crippen molar-refractivity contribution in [2.24, 2.45) is 29.1 Å². The van der Waals surface area contributed by atoms with Crippen LogP contribution in [-0.2, 0) is 0 Å². The highest BCUT2D eigenvalue weighted by Crippen LogP contribution is 2.70. The molecule has 6 rings (SSSR count). The van der Waals surface area contributed by atoms with E-state index in [1.165, 1.54) is 38.6 Å². The highest BCUT2D eigenvalue weighted by molar-refractivity contribution is 5.65. The summed E-state index contributed by atoms with van der Waals surface area (Å²) in [6, 6.07) is 7.11. The molecule has 1 saturated heterocycles. The van der Waals surface area contributed by atoms with Gasteiger partial charge in [-0.1, -0.05) is 45.9 Å². The van der Waals surface area contributed by atoms with Crippen molar-refractivity contribution in [3.05, 3.63) is 29.3 Å². The molecule has 1 nitrogen and oxygen atoms in total. The Labute approximate surface area is 173 Å². The Kier molecular flexibility index (Phi) is 4.25. The minimum atomic E-state index is 0.268. The Balaban J connectivity index is 1.61. The Morgan fingerprint density at radius 3 is 1.79 bits per heavy atom. The molecule has 0 aromatic heterocycles. The maximum Gasteiger partial charge on any atom is 0.0441 e. The normalized spacial score (nSPS) is 38.4. The molecule has 0 amide bonds. The van der Waals surface area contributed by atoms with Gasteiger partial charge in [-0.05, 0) is 99.0 Å². The Morgan fingerprint density at radius 2 is 1.32 bits per heavy atom. The van der Waals surface area contributed by atoms with Crippen molar-refractivity contribution in [3.8, 4) is 0 Å². The van der Waals surface area contributed by atoms with Crippen LogP contribution in [0.15, 0.2) is 18.2 Å². The van der Waals surface area contributed by atoms with Crippen molar-refractivity contribution < 1.29 is 0 Å². The van der Waals surface area contributed by atoms with Crippen molar-refractivity contribution in [2.45, 2.75) is 97.4 Å². The monoisotopic (exact) mass is 379 g/mol. The number of hydrogen-bond donors (Lipinski definition) is 0. The molecule has 0 N–H and O–H groups in total. The fraction of sp³-hybridized carbons (Fsp3) is 0.778. The summed E-state index contributed by atoms with van der Waals surface area (Å²) in [4.78, 5) is 2.90. The molecule has 0 unspecified atom stereocenters. The van der Waals surface area contributed by atoms with Gasteiger partial charge < -0.3 is 4.90 Å². The highest BCUT2D eigenvalue weighted by atomic mass is 15.2. The van der Waals surface area contributed by atoms with E-state index >= 15 is 0 Å². The van der Waals surface area contributed by atoms with E-state index in [1.807, 2.05) is 0 Å². The molecule has 5 aliphatic rings. The topological polar surface area (TPSA) is 3.24 Å². The lowest BCUT2D eigenvalue weighted by molar-refractivity contribution is -0.130. The SMILES string of the molecule is CC(C)c1cccc(C(C)C)c1N1CCC2(C3CC4CC(C3)CC2C4)C1(C)C. The van der Waals surface area contributed by atoms with Gasteiger partial charge in [-0.15, -0.1) is 0 Å². The zero-order valence-corrected chi connectivity index (χ0v) is 19.1. The van der Waals surface area contributed by atoms with Gasteiger partial charge in [-0.25, -0.2) is 0 Å². The van der Waals surface area contributed by atoms with Crippen molar-refractivity contribution >= 4 is 5.69 Å². The second-order valence-corrected chi connectivity index (χ2v) is 11.9. The van der Waals surface area contributed by atoms with Gasteiger partial charge >= 0.3 is 0 Å². The van der Waals surface area contributed by atoms with E-state index < -0.39 is 0 Å². The Bertz CT molecular complexity index is 701. The summed E-state index contributed by atoms with van der Waals surface area (Å²) in [6.07, 6.45) is 9.13. The Hall–Kier alpha value is -0.980. The van der Waals surface area contributed by atoms with Crippen molar-refractivity contribution in [1.29, 1.82) is 0 Å². The van der Waals surface area contributed by atoms with Crippen LogP contribution in [0, 0.1) is 29.1 Å². The number of rotatable bonds is 3. The third-order valence-corrected chi connectivity index (χ3v) is 9.77. The summed E-state index contributed by atoms with van der Waals surface area (Å²) in [7, 11) is 0. The van der Waals surface area contributed by atoms with Gasteiger partial charge in [0.1, 0.15) is 0 Å². The molecule has 1 heteroatoms. The fourth-order valence-electron chi connectivity index (χ4n) is 8.78. The first-order valence-electron chi connectivity index (χ1n) is 12.2. The summed E-state index contributed by atoms with van der Waals surface area (Å²) in [5.41, 5.74) is 5.56. The molecule has 1 heterocycles. The largest absolute Gasteiger partial charge is 0.365 e. The molecule has 4 saturated carbocycles. The highest BCUT2D eigenvalue weighted by Gasteiger charge is 2.66. The van der Waals surface area contributed by atoms with E-state index in [2.05, 4.69) is 64.6 Å². The number of hydrogen-bond acceptors (Lipinski definition) is 1. The molecule has 0 radical (unpaired) electrons. The first-order chi connectivity index (χ1) is 13.3. The van der Waals surface area contributed by atoms with Crippen LogP contribution in [-0.4, -0.2) is 12.1 Å². The minimum absolute atomic E-state index is 0.268. The first-order valence-corrected chi connectivity index (χ1v) is 12.2. The lowest BCUT2D eigenvalue weighted by atomic mass is 9.41. The standard InChI is InChI=1S/C27H41N/c1-17(2)23-8-7-9-24(18(3)4)25(23)28-11-10-27(26(28,5)6)21-13-19-12-20(15-21)16-22(27)14-19/h7-9,17-22H,10-16H2,1-6H3. The average molecular weight is 380 g/mol. The molecule has 1 aromatic carbocycles. The van der Waals surface area contributed by atoms with Crippen LogP contribution >= 0.6 is 0 Å². The lowest BCUT2D eigenvalue weighted by Gasteiger charge is -2.65. The van der Waals surface area contributed by atoms with Crippen LogP contribution in [0.3, 0.4) is 0 Å². The van der Waals surface area contributed by atoms with E-state index in [4.69, 9.17) is 0 Å². The molecular weight excluding hydrogens is 338 g/mol. The zero-order valence-electron chi connectivity index (χ0n) is 19.1. The van der Waals surface area contributed by atoms with Crippen LogP contribution < -0.4 is 4.90 Å². The summed E-state index contributed by atoms with van der Waals surface area (Å²) >= 11 is 0. The molecule has 4 bridgehead atoms. The van der Waals surface area contributed by atoms with E-state index in [0.717, 1.165) is 23.7 Å². The quantitative estimate of drug-likeness (QED) is 0.530. The van der Waals surface area contributed by atoms with Crippen LogP contribution in [0.2, 0.25) is 0 Å². The fourth-order valence-corrected chi connectivity index (χ4v) is 8.78. The third-order valence-electron chi connectivity index (χ3n) is 9.77. The number of para-hydroxylation sites is 1. The van der Waals surface area contributed by atoms with Crippen molar-refractivity contribution in [2.75, 3.05) is 11.4 Å². The molecule has 1 aliphatic heterocycles. The molecule has 5 fully saturated rings. The number of nitrogens with zero attached hydrogens (tertiary/aromatic N) is 1. The minimum Gasteiger partial charge on any atom is -0.365 e. The molecule has 154 valence electrons. The molecule has 1 spiro atoms.